The third kappa shape index (κ3) is 4.31. The van der Waals surface area contributed by atoms with Crippen LogP contribution in [0.5, 0.6) is 5.75 Å². The van der Waals surface area contributed by atoms with Gasteiger partial charge in [0, 0.05) is 38.6 Å². The van der Waals surface area contributed by atoms with E-state index in [-0.39, 0.29) is 5.91 Å². The standard InChI is InChI=1S/C20H26N4O2/c1-15(2)17-5-7-18(8-6-17)26-16(3)19(25)23-11-13-24(14-12-23)20-21-9-4-10-22-20/h4-10,15-16H,11-14H2,1-3H3/t16-/m1/s1. The van der Waals surface area contributed by atoms with Crippen LogP contribution < -0.4 is 9.64 Å². The van der Waals surface area contributed by atoms with E-state index in [1.807, 2.05) is 24.0 Å². The Labute approximate surface area is 154 Å². The number of hydrogen-bond acceptors (Lipinski definition) is 5. The lowest BCUT2D eigenvalue weighted by molar-refractivity contribution is -0.138. The van der Waals surface area contributed by atoms with Crippen LogP contribution in [0.2, 0.25) is 0 Å². The van der Waals surface area contributed by atoms with E-state index in [9.17, 15) is 4.79 Å². The van der Waals surface area contributed by atoms with Crippen LogP contribution in [-0.4, -0.2) is 53.1 Å². The summed E-state index contributed by atoms with van der Waals surface area (Å²) in [6, 6.07) is 9.77. The topological polar surface area (TPSA) is 58.6 Å². The lowest BCUT2D eigenvalue weighted by Crippen LogP contribution is -2.52. The second-order valence-electron chi connectivity index (χ2n) is 6.84. The quantitative estimate of drug-likeness (QED) is 0.826. The molecule has 6 heteroatoms. The zero-order valence-electron chi connectivity index (χ0n) is 15.6. The fraction of sp³-hybridized carbons (Fsp3) is 0.450. The Morgan fingerprint density at radius 2 is 1.62 bits per heavy atom. The molecule has 0 spiro atoms. The van der Waals surface area contributed by atoms with E-state index in [0.717, 1.165) is 18.8 Å². The van der Waals surface area contributed by atoms with Crippen molar-refractivity contribution in [1.82, 2.24) is 14.9 Å². The molecule has 1 aliphatic rings. The maximum absolute atomic E-state index is 12.7. The van der Waals surface area contributed by atoms with E-state index in [1.165, 1.54) is 5.56 Å². The molecule has 1 atom stereocenters. The molecule has 0 aliphatic carbocycles. The highest BCUT2D eigenvalue weighted by atomic mass is 16.5. The van der Waals surface area contributed by atoms with Gasteiger partial charge in [-0.05, 0) is 36.6 Å². The summed E-state index contributed by atoms with van der Waals surface area (Å²) >= 11 is 0. The minimum absolute atomic E-state index is 0.0200. The number of anilines is 1. The van der Waals surface area contributed by atoms with Crippen LogP contribution >= 0.6 is 0 Å². The Kier molecular flexibility index (Phi) is 5.71. The molecule has 1 aromatic carbocycles. The largest absolute Gasteiger partial charge is 0.481 e. The molecule has 0 N–H and O–H groups in total. The van der Waals surface area contributed by atoms with Crippen molar-refractivity contribution in [2.75, 3.05) is 31.1 Å². The first kappa shape index (κ1) is 18.2. The van der Waals surface area contributed by atoms with Gasteiger partial charge in [-0.1, -0.05) is 26.0 Å². The van der Waals surface area contributed by atoms with Crippen molar-refractivity contribution < 1.29 is 9.53 Å². The Hall–Kier alpha value is -2.63. The van der Waals surface area contributed by atoms with E-state index in [1.54, 1.807) is 18.5 Å². The Bertz CT molecular complexity index is 710. The number of hydrogen-bond donors (Lipinski definition) is 0. The highest BCUT2D eigenvalue weighted by molar-refractivity contribution is 5.81. The summed E-state index contributed by atoms with van der Waals surface area (Å²) in [5, 5.41) is 0. The maximum Gasteiger partial charge on any atom is 0.263 e. The number of amides is 1. The molecule has 6 nitrogen and oxygen atoms in total. The molecule has 1 saturated heterocycles. The average molecular weight is 354 g/mol. The molecule has 1 aromatic heterocycles. The molecule has 2 heterocycles. The van der Waals surface area contributed by atoms with E-state index < -0.39 is 6.10 Å². The first-order valence-corrected chi connectivity index (χ1v) is 9.12. The molecule has 0 saturated carbocycles. The van der Waals surface area contributed by atoms with Crippen molar-refractivity contribution in [3.05, 3.63) is 48.3 Å². The fourth-order valence-electron chi connectivity index (χ4n) is 3.02. The van der Waals surface area contributed by atoms with Gasteiger partial charge in [-0.3, -0.25) is 4.79 Å². The van der Waals surface area contributed by atoms with Crippen LogP contribution in [0.4, 0.5) is 5.95 Å². The summed E-state index contributed by atoms with van der Waals surface area (Å²) < 4.78 is 5.85. The highest BCUT2D eigenvalue weighted by Gasteiger charge is 2.26. The number of rotatable bonds is 5. The van der Waals surface area contributed by atoms with E-state index >= 15 is 0 Å². The van der Waals surface area contributed by atoms with Crippen LogP contribution in [0.1, 0.15) is 32.3 Å². The smallest absolute Gasteiger partial charge is 0.263 e. The summed E-state index contributed by atoms with van der Waals surface area (Å²) in [5.74, 6) is 1.94. The molecule has 1 amide bonds. The molecule has 0 radical (unpaired) electrons. The van der Waals surface area contributed by atoms with Gasteiger partial charge in [0.2, 0.25) is 5.95 Å². The van der Waals surface area contributed by atoms with Crippen LogP contribution in [0.3, 0.4) is 0 Å². The third-order valence-electron chi connectivity index (χ3n) is 4.63. The SMILES string of the molecule is CC(C)c1ccc(O[C@H](C)C(=O)N2CCN(c3ncccn3)CC2)cc1. The molecule has 1 fully saturated rings. The van der Waals surface area contributed by atoms with Gasteiger partial charge in [0.25, 0.3) is 5.91 Å². The molecule has 138 valence electrons. The number of piperazine rings is 1. The predicted octanol–water partition coefficient (Wildman–Crippen LogP) is 2.72. The van der Waals surface area contributed by atoms with Crippen molar-refractivity contribution in [3.8, 4) is 5.75 Å². The van der Waals surface area contributed by atoms with Crippen molar-refractivity contribution in [2.45, 2.75) is 32.8 Å². The van der Waals surface area contributed by atoms with Gasteiger partial charge in [-0.15, -0.1) is 0 Å². The monoisotopic (exact) mass is 354 g/mol. The van der Waals surface area contributed by atoms with Gasteiger partial charge in [0.05, 0.1) is 0 Å². The van der Waals surface area contributed by atoms with Gasteiger partial charge in [0.1, 0.15) is 5.75 Å². The lowest BCUT2D eigenvalue weighted by Gasteiger charge is -2.35. The predicted molar refractivity (Wildman–Crippen MR) is 101 cm³/mol. The highest BCUT2D eigenvalue weighted by Crippen LogP contribution is 2.20. The minimum atomic E-state index is -0.501. The normalized spacial score (nSPS) is 15.8. The maximum atomic E-state index is 12.7. The average Bonchev–Trinajstić information content (AvgIpc) is 2.68. The summed E-state index contributed by atoms with van der Waals surface area (Å²) in [4.78, 5) is 25.2. The molecule has 0 bridgehead atoms. The molecular weight excluding hydrogens is 328 g/mol. The van der Waals surface area contributed by atoms with Crippen LogP contribution in [0, 0.1) is 0 Å². The Balaban J connectivity index is 1.53. The van der Waals surface area contributed by atoms with Crippen molar-refractivity contribution in [1.29, 1.82) is 0 Å². The number of nitrogens with zero attached hydrogens (tertiary/aromatic N) is 4. The molecule has 0 unspecified atom stereocenters. The molecular formula is C20H26N4O2. The summed E-state index contributed by atoms with van der Waals surface area (Å²) in [6.07, 6.45) is 2.97. The number of benzene rings is 1. The molecule has 1 aliphatic heterocycles. The second kappa shape index (κ2) is 8.17. The van der Waals surface area contributed by atoms with Crippen molar-refractivity contribution >= 4 is 11.9 Å². The van der Waals surface area contributed by atoms with Crippen molar-refractivity contribution in [2.24, 2.45) is 0 Å². The Morgan fingerprint density at radius 1 is 1.00 bits per heavy atom. The van der Waals surface area contributed by atoms with Crippen LogP contribution in [-0.2, 0) is 4.79 Å². The zero-order chi connectivity index (χ0) is 18.5. The van der Waals surface area contributed by atoms with Gasteiger partial charge in [-0.25, -0.2) is 9.97 Å². The first-order valence-electron chi connectivity index (χ1n) is 9.12. The third-order valence-corrected chi connectivity index (χ3v) is 4.63. The van der Waals surface area contributed by atoms with Gasteiger partial charge in [0.15, 0.2) is 6.10 Å². The number of carbonyl (C=O) groups is 1. The molecule has 3 rings (SSSR count). The zero-order valence-corrected chi connectivity index (χ0v) is 15.6. The molecule has 2 aromatic rings. The van der Waals surface area contributed by atoms with Crippen LogP contribution in [0.15, 0.2) is 42.7 Å². The number of carbonyl (C=O) groups excluding carboxylic acids is 1. The van der Waals surface area contributed by atoms with Gasteiger partial charge >= 0.3 is 0 Å². The lowest BCUT2D eigenvalue weighted by atomic mass is 10.0. The Morgan fingerprint density at radius 3 is 2.19 bits per heavy atom. The number of ether oxygens (including phenoxy) is 1. The van der Waals surface area contributed by atoms with Gasteiger partial charge in [-0.2, -0.15) is 0 Å². The summed E-state index contributed by atoms with van der Waals surface area (Å²) in [7, 11) is 0. The summed E-state index contributed by atoms with van der Waals surface area (Å²) in [5.41, 5.74) is 1.26. The number of aromatic nitrogens is 2. The van der Waals surface area contributed by atoms with E-state index in [2.05, 4.69) is 40.8 Å². The van der Waals surface area contributed by atoms with Crippen LogP contribution in [0.25, 0.3) is 0 Å². The first-order chi connectivity index (χ1) is 12.5. The van der Waals surface area contributed by atoms with Gasteiger partial charge < -0.3 is 14.5 Å². The van der Waals surface area contributed by atoms with E-state index in [4.69, 9.17) is 4.74 Å². The fourth-order valence-corrected chi connectivity index (χ4v) is 3.02. The molecule has 26 heavy (non-hydrogen) atoms. The summed E-state index contributed by atoms with van der Waals surface area (Å²) in [6.45, 7) is 8.88. The van der Waals surface area contributed by atoms with E-state index in [0.29, 0.717) is 25.0 Å². The minimum Gasteiger partial charge on any atom is -0.481 e. The second-order valence-corrected chi connectivity index (χ2v) is 6.84. The van der Waals surface area contributed by atoms with Crippen molar-refractivity contribution in [3.63, 3.8) is 0 Å².